The summed E-state index contributed by atoms with van der Waals surface area (Å²) in [6, 6.07) is 7.58. The molecule has 3 rings (SSSR count). The molecule has 0 saturated heterocycles. The molecule has 0 unspecified atom stereocenters. The van der Waals surface area contributed by atoms with Crippen molar-refractivity contribution in [3.8, 4) is 11.7 Å². The summed E-state index contributed by atoms with van der Waals surface area (Å²) in [4.78, 5) is 12.6. The molecule has 32 heavy (non-hydrogen) atoms. The molecule has 1 heterocycles. The van der Waals surface area contributed by atoms with Crippen LogP contribution in [0.1, 0.15) is 67.8 Å². The van der Waals surface area contributed by atoms with E-state index in [1.165, 1.54) is 31.6 Å². The van der Waals surface area contributed by atoms with Gasteiger partial charge in [0.05, 0.1) is 0 Å². The van der Waals surface area contributed by atoms with Crippen LogP contribution in [0.2, 0.25) is 0 Å². The molecule has 1 N–H and O–H groups in total. The Hall–Kier alpha value is -2.28. The maximum atomic E-state index is 12.6. The van der Waals surface area contributed by atoms with Gasteiger partial charge in [0.25, 0.3) is 0 Å². The second-order valence-electron chi connectivity index (χ2n) is 9.38. The molecular weight excluding hydrogens is 445 g/mol. The van der Waals surface area contributed by atoms with Gasteiger partial charge in [-0.3, -0.25) is 0 Å². The number of rotatable bonds is 7. The fourth-order valence-electron chi connectivity index (χ4n) is 3.96. The van der Waals surface area contributed by atoms with Crippen molar-refractivity contribution >= 4 is 10.3 Å². The Morgan fingerprint density at radius 2 is 1.72 bits per heavy atom. The summed E-state index contributed by atoms with van der Waals surface area (Å²) in [6.45, 7) is 11.2. The Morgan fingerprint density at radius 3 is 2.31 bits per heavy atom. The minimum absolute atomic E-state index is 0.0726. The number of ether oxygens (including phenoxy) is 3. The zero-order chi connectivity index (χ0) is 23.7. The van der Waals surface area contributed by atoms with Crippen LogP contribution in [0.3, 0.4) is 0 Å². The summed E-state index contributed by atoms with van der Waals surface area (Å²) in [5.41, 5.74) is 4.30. The van der Waals surface area contributed by atoms with Crippen LogP contribution >= 0.6 is 0 Å². The van der Waals surface area contributed by atoms with E-state index in [0.717, 1.165) is 24.2 Å². The van der Waals surface area contributed by atoms with E-state index in [4.69, 9.17) is 18.6 Å². The Morgan fingerprint density at radius 1 is 1.09 bits per heavy atom. The third-order valence-electron chi connectivity index (χ3n) is 6.07. The first-order valence-electron chi connectivity index (χ1n) is 10.6. The van der Waals surface area contributed by atoms with Crippen LogP contribution in [-0.2, 0) is 37.3 Å². The van der Waals surface area contributed by atoms with E-state index in [1.807, 2.05) is 6.92 Å². The predicted molar refractivity (Wildman–Crippen MR) is 120 cm³/mol. The van der Waals surface area contributed by atoms with Crippen molar-refractivity contribution in [3.63, 3.8) is 0 Å². The number of furan rings is 1. The van der Waals surface area contributed by atoms with E-state index in [0.29, 0.717) is 10.1 Å². The molecule has 171 valence electrons. The average molecular weight is 476 g/mol. The first-order valence-corrected chi connectivity index (χ1v) is 11.3. The van der Waals surface area contributed by atoms with Crippen molar-refractivity contribution in [3.05, 3.63) is 58.7 Å². The summed E-state index contributed by atoms with van der Waals surface area (Å²) >= 11 is 2.23. The summed E-state index contributed by atoms with van der Waals surface area (Å²) in [5.74, 6) is 0.674. The van der Waals surface area contributed by atoms with Crippen LogP contribution in [0.15, 0.2) is 40.6 Å². The number of hydrogen-bond acceptors (Lipinski definition) is 5. The average Bonchev–Trinajstić information content (AvgIpc) is 3.20. The van der Waals surface area contributed by atoms with Gasteiger partial charge in [0.15, 0.2) is 0 Å². The van der Waals surface area contributed by atoms with Crippen molar-refractivity contribution in [2.45, 2.75) is 58.3 Å². The first kappa shape index (κ1) is 24.4. The summed E-state index contributed by atoms with van der Waals surface area (Å²) in [5, 5.41) is 2.70. The van der Waals surface area contributed by atoms with Crippen molar-refractivity contribution in [1.82, 2.24) is 5.32 Å². The number of aryl methyl sites for hydroxylation is 1. The zero-order valence-corrected chi connectivity index (χ0v) is 21.2. The van der Waals surface area contributed by atoms with Crippen molar-refractivity contribution in [2.24, 2.45) is 0 Å². The monoisotopic (exact) mass is 476 g/mol. The number of carbonyl (C=O) groups excluding carboxylic acids is 1. The van der Waals surface area contributed by atoms with Crippen molar-refractivity contribution in [1.29, 1.82) is 0 Å². The van der Waals surface area contributed by atoms with Crippen LogP contribution in [0.5, 0.6) is 11.7 Å². The third kappa shape index (κ3) is 5.03. The Labute approximate surface area is 198 Å². The quantitative estimate of drug-likeness (QED) is 0.552. The second-order valence-corrected chi connectivity index (χ2v) is 10.0. The van der Waals surface area contributed by atoms with Crippen LogP contribution in [-0.4, -0.2) is 24.5 Å². The molecule has 1 aromatic heterocycles. The molecule has 6 nitrogen and oxygen atoms in total. The van der Waals surface area contributed by atoms with Crippen LogP contribution < -0.4 is 10.1 Å². The van der Waals surface area contributed by atoms with Gasteiger partial charge in [0.1, 0.15) is 0 Å². The standard InChI is InChI=1S/C25H31NO5.V/c1-16-12-18-19(25(4,5)11-10-24(18,2)3)13-21(16)31-22-9-8-20(30-22)23(27)26-17(14-28-6)15-29-7;/h8-9,12-14H,10-11H2,1-7H3,(H,26,27);. The number of benzene rings is 1. The van der Waals surface area contributed by atoms with Crippen molar-refractivity contribution in [2.75, 3.05) is 14.2 Å². The number of fused-ring (bicyclic) bond motifs is 1. The number of hydrogen-bond donors (Lipinski definition) is 1. The van der Waals surface area contributed by atoms with Crippen LogP contribution in [0.25, 0.3) is 0 Å². The van der Waals surface area contributed by atoms with E-state index < -0.39 is 5.91 Å². The van der Waals surface area contributed by atoms with Gasteiger partial charge in [-0.1, -0.05) is 27.7 Å². The number of nitrogens with one attached hydrogen (secondary N) is 1. The fourth-order valence-corrected chi connectivity index (χ4v) is 4.13. The molecule has 0 atom stereocenters. The third-order valence-corrected chi connectivity index (χ3v) is 6.73. The van der Waals surface area contributed by atoms with Gasteiger partial charge < -0.3 is 0 Å². The van der Waals surface area contributed by atoms with Gasteiger partial charge in [-0.2, -0.15) is 0 Å². The van der Waals surface area contributed by atoms with Crippen LogP contribution in [0, 0.1) is 6.92 Å². The molecule has 2 aromatic rings. The minimum atomic E-state index is -0.436. The second kappa shape index (κ2) is 9.30. The molecule has 0 fully saturated rings. The molecule has 0 bridgehead atoms. The SMILES string of the molecule is COC=C(NC(=O)c1ccc(Oc2cc3c(cc2C)C(C)(C)CCC3(C)C)o1)[C](=[V])OC. The Balaban J connectivity index is 1.84. The van der Waals surface area contributed by atoms with E-state index in [-0.39, 0.29) is 22.5 Å². The van der Waals surface area contributed by atoms with E-state index in [9.17, 15) is 4.79 Å². The van der Waals surface area contributed by atoms with Gasteiger partial charge in [0, 0.05) is 0 Å². The van der Waals surface area contributed by atoms with Gasteiger partial charge in [-0.25, -0.2) is 0 Å². The maximum absolute atomic E-state index is 12.6. The molecule has 0 radical (unpaired) electrons. The molecule has 0 spiro atoms. The predicted octanol–water partition coefficient (Wildman–Crippen LogP) is 5.27. The molecule has 1 aliphatic rings. The van der Waals surface area contributed by atoms with Gasteiger partial charge in [-0.05, 0) is 18.3 Å². The number of methoxy groups -OCH3 is 2. The van der Waals surface area contributed by atoms with Crippen molar-refractivity contribution < 1.29 is 40.4 Å². The normalized spacial score (nSPS) is 16.8. The molecule has 1 aromatic carbocycles. The Kier molecular flexibility index (Phi) is 7.08. The fraction of sp³-hybridized carbons (Fsp3) is 0.440. The van der Waals surface area contributed by atoms with Gasteiger partial charge >= 0.3 is 153 Å². The van der Waals surface area contributed by atoms with E-state index >= 15 is 0 Å². The zero-order valence-electron chi connectivity index (χ0n) is 19.8. The molecule has 0 saturated carbocycles. The first-order chi connectivity index (χ1) is 15.0. The van der Waals surface area contributed by atoms with Crippen LogP contribution in [0.4, 0.5) is 0 Å². The summed E-state index contributed by atoms with van der Waals surface area (Å²) < 4.78 is 22.3. The molecule has 7 heteroatoms. The molecule has 0 aliphatic heterocycles. The summed E-state index contributed by atoms with van der Waals surface area (Å²) in [7, 11) is 3.00. The molecule has 1 amide bonds. The van der Waals surface area contributed by atoms with E-state index in [2.05, 4.69) is 62.1 Å². The molecular formula is C25H31NO5V. The summed E-state index contributed by atoms with van der Waals surface area (Å²) in [6.07, 6.45) is 3.66. The van der Waals surface area contributed by atoms with E-state index in [1.54, 1.807) is 12.1 Å². The van der Waals surface area contributed by atoms with Gasteiger partial charge in [-0.15, -0.1) is 0 Å². The van der Waals surface area contributed by atoms with Gasteiger partial charge in [0.2, 0.25) is 0 Å². The number of amides is 1. The molecule has 1 aliphatic carbocycles. The topological polar surface area (TPSA) is 69.9 Å². The number of carbonyl (C=O) groups is 1. The Bertz CT molecular complexity index is 1060.